The molecule has 0 bridgehead atoms. The van der Waals surface area contributed by atoms with Crippen LogP contribution < -0.4 is 10.0 Å². The first kappa shape index (κ1) is 18.0. The quantitative estimate of drug-likeness (QED) is 0.842. The fourth-order valence-corrected chi connectivity index (χ4v) is 4.16. The molecular weight excluding hydrogens is 350 g/mol. The molecule has 6 nitrogen and oxygen atoms in total. The maximum absolute atomic E-state index is 12.5. The predicted octanol–water partition coefficient (Wildman–Crippen LogP) is 3.51. The van der Waals surface area contributed by atoms with Gasteiger partial charge in [-0.3, -0.25) is 9.52 Å². The number of amides is 1. The van der Waals surface area contributed by atoms with Crippen molar-refractivity contribution < 1.29 is 13.2 Å². The van der Waals surface area contributed by atoms with Crippen LogP contribution in [0.15, 0.2) is 59.5 Å². The van der Waals surface area contributed by atoms with Crippen LogP contribution in [0.25, 0.3) is 0 Å². The second kappa shape index (κ2) is 7.18. The van der Waals surface area contributed by atoms with E-state index < -0.39 is 15.4 Å². The van der Waals surface area contributed by atoms with Gasteiger partial charge in [0.05, 0.1) is 16.7 Å². The number of nitriles is 1. The van der Waals surface area contributed by atoms with E-state index in [1.165, 1.54) is 12.1 Å². The van der Waals surface area contributed by atoms with Gasteiger partial charge in [-0.2, -0.15) is 5.26 Å². The van der Waals surface area contributed by atoms with Crippen molar-refractivity contribution in [2.24, 2.45) is 5.41 Å². The maximum Gasteiger partial charge on any atom is 0.261 e. The standard InChI is InChI=1S/C19H19N3O3S/c20-14-19(11-4-5-12-19)18(23)21-15-7-6-8-16(13-15)22-26(24,25)17-9-2-1-3-10-17/h1-3,6-10,13,22H,4-5,11-12H2,(H,21,23). The van der Waals surface area contributed by atoms with Gasteiger partial charge < -0.3 is 5.32 Å². The number of carbonyl (C=O) groups excluding carboxylic acids is 1. The first-order valence-corrected chi connectivity index (χ1v) is 9.84. The third-order valence-corrected chi connectivity index (χ3v) is 5.93. The lowest BCUT2D eigenvalue weighted by molar-refractivity contribution is -0.122. The van der Waals surface area contributed by atoms with Gasteiger partial charge in [0.25, 0.3) is 10.0 Å². The van der Waals surface area contributed by atoms with E-state index in [9.17, 15) is 18.5 Å². The highest BCUT2D eigenvalue weighted by molar-refractivity contribution is 7.92. The second-order valence-electron chi connectivity index (χ2n) is 6.35. The fraction of sp³-hybridized carbons (Fsp3) is 0.263. The topological polar surface area (TPSA) is 99.1 Å². The molecule has 1 fully saturated rings. The molecule has 0 saturated heterocycles. The molecule has 0 spiro atoms. The van der Waals surface area contributed by atoms with E-state index in [-0.39, 0.29) is 10.8 Å². The number of nitrogens with zero attached hydrogens (tertiary/aromatic N) is 1. The third kappa shape index (κ3) is 3.70. The first-order valence-electron chi connectivity index (χ1n) is 8.36. The number of sulfonamides is 1. The molecule has 2 N–H and O–H groups in total. The molecule has 7 heteroatoms. The molecule has 1 aliphatic rings. The lowest BCUT2D eigenvalue weighted by Gasteiger charge is -2.19. The fourth-order valence-electron chi connectivity index (χ4n) is 3.09. The Hall–Kier alpha value is -2.85. The number of hydrogen-bond acceptors (Lipinski definition) is 4. The zero-order valence-corrected chi connectivity index (χ0v) is 14.9. The summed E-state index contributed by atoms with van der Waals surface area (Å²) in [5, 5.41) is 12.1. The van der Waals surface area contributed by atoms with Crippen LogP contribution in [0.2, 0.25) is 0 Å². The smallest absolute Gasteiger partial charge is 0.261 e. The van der Waals surface area contributed by atoms with Crippen LogP contribution in [0.3, 0.4) is 0 Å². The number of anilines is 2. The van der Waals surface area contributed by atoms with E-state index >= 15 is 0 Å². The Balaban J connectivity index is 1.77. The molecule has 0 unspecified atom stereocenters. The molecule has 134 valence electrons. The van der Waals surface area contributed by atoms with Crippen molar-refractivity contribution in [2.45, 2.75) is 30.6 Å². The van der Waals surface area contributed by atoms with Crippen LogP contribution in [-0.4, -0.2) is 14.3 Å². The van der Waals surface area contributed by atoms with Crippen molar-refractivity contribution in [3.63, 3.8) is 0 Å². The number of benzene rings is 2. The van der Waals surface area contributed by atoms with Crippen molar-refractivity contribution >= 4 is 27.3 Å². The molecule has 1 saturated carbocycles. The summed E-state index contributed by atoms with van der Waals surface area (Å²) in [6, 6.07) is 16.6. The molecule has 2 aromatic carbocycles. The van der Waals surface area contributed by atoms with Crippen LogP contribution in [0, 0.1) is 16.7 Å². The lowest BCUT2D eigenvalue weighted by Crippen LogP contribution is -2.32. The van der Waals surface area contributed by atoms with Gasteiger partial charge in [-0.1, -0.05) is 37.1 Å². The summed E-state index contributed by atoms with van der Waals surface area (Å²) in [5.74, 6) is -0.333. The highest BCUT2D eigenvalue weighted by atomic mass is 32.2. The Morgan fingerprint density at radius 2 is 1.65 bits per heavy atom. The SMILES string of the molecule is N#CC1(C(=O)Nc2cccc(NS(=O)(=O)c3ccccc3)c2)CCCC1. The van der Waals surface area contributed by atoms with Crippen molar-refractivity contribution in [1.82, 2.24) is 0 Å². The van der Waals surface area contributed by atoms with E-state index in [0.29, 0.717) is 24.2 Å². The number of nitrogens with one attached hydrogen (secondary N) is 2. The van der Waals surface area contributed by atoms with Crippen molar-refractivity contribution in [2.75, 3.05) is 10.0 Å². The van der Waals surface area contributed by atoms with Gasteiger partial charge in [0.15, 0.2) is 0 Å². The molecule has 3 rings (SSSR count). The second-order valence-corrected chi connectivity index (χ2v) is 8.04. The molecule has 0 aromatic heterocycles. The first-order chi connectivity index (χ1) is 12.5. The molecular formula is C19H19N3O3S. The van der Waals surface area contributed by atoms with Gasteiger partial charge in [-0.05, 0) is 43.2 Å². The normalized spacial score (nSPS) is 15.8. The minimum Gasteiger partial charge on any atom is -0.325 e. The molecule has 0 radical (unpaired) electrons. The molecule has 0 aliphatic heterocycles. The summed E-state index contributed by atoms with van der Waals surface area (Å²) in [6.45, 7) is 0. The predicted molar refractivity (Wildman–Crippen MR) is 98.8 cm³/mol. The number of carbonyl (C=O) groups is 1. The summed E-state index contributed by atoms with van der Waals surface area (Å²) in [5.41, 5.74) is -0.201. The molecule has 0 heterocycles. The molecule has 1 amide bonds. The summed E-state index contributed by atoms with van der Waals surface area (Å²) < 4.78 is 27.3. The Kier molecular flexibility index (Phi) is 4.96. The average Bonchev–Trinajstić information content (AvgIpc) is 3.13. The Labute approximate surface area is 152 Å². The Morgan fingerprint density at radius 1 is 1.00 bits per heavy atom. The summed E-state index contributed by atoms with van der Waals surface area (Å²) in [7, 11) is -3.71. The van der Waals surface area contributed by atoms with E-state index in [1.807, 2.05) is 0 Å². The zero-order valence-electron chi connectivity index (χ0n) is 14.1. The molecule has 1 aliphatic carbocycles. The van der Waals surface area contributed by atoms with Gasteiger partial charge in [0, 0.05) is 5.69 Å². The average molecular weight is 369 g/mol. The monoisotopic (exact) mass is 369 g/mol. The van der Waals surface area contributed by atoms with E-state index in [4.69, 9.17) is 0 Å². The van der Waals surface area contributed by atoms with Crippen molar-refractivity contribution in [3.8, 4) is 6.07 Å². The Morgan fingerprint density at radius 3 is 2.31 bits per heavy atom. The van der Waals surface area contributed by atoms with E-state index in [1.54, 1.807) is 42.5 Å². The lowest BCUT2D eigenvalue weighted by atomic mass is 9.87. The van der Waals surface area contributed by atoms with Gasteiger partial charge in [0.2, 0.25) is 5.91 Å². The molecule has 0 atom stereocenters. The molecule has 26 heavy (non-hydrogen) atoms. The van der Waals surface area contributed by atoms with Gasteiger partial charge in [0.1, 0.15) is 5.41 Å². The largest absolute Gasteiger partial charge is 0.325 e. The van der Waals surface area contributed by atoms with Crippen molar-refractivity contribution in [1.29, 1.82) is 5.26 Å². The zero-order chi connectivity index (χ0) is 18.6. The number of hydrogen-bond donors (Lipinski definition) is 2. The minimum absolute atomic E-state index is 0.156. The van der Waals surface area contributed by atoms with Crippen LogP contribution in [0.1, 0.15) is 25.7 Å². The molecule has 2 aromatic rings. The van der Waals surface area contributed by atoms with Gasteiger partial charge in [-0.25, -0.2) is 8.42 Å². The van der Waals surface area contributed by atoms with Gasteiger partial charge >= 0.3 is 0 Å². The summed E-state index contributed by atoms with van der Waals surface area (Å²) >= 11 is 0. The van der Waals surface area contributed by atoms with Crippen LogP contribution >= 0.6 is 0 Å². The number of rotatable bonds is 5. The van der Waals surface area contributed by atoms with Crippen molar-refractivity contribution in [3.05, 3.63) is 54.6 Å². The van der Waals surface area contributed by atoms with E-state index in [2.05, 4.69) is 16.1 Å². The van der Waals surface area contributed by atoms with Crippen LogP contribution in [-0.2, 0) is 14.8 Å². The highest BCUT2D eigenvalue weighted by Crippen LogP contribution is 2.38. The van der Waals surface area contributed by atoms with Crippen LogP contribution in [0.4, 0.5) is 11.4 Å². The Bertz CT molecular complexity index is 943. The summed E-state index contributed by atoms with van der Waals surface area (Å²) in [4.78, 5) is 12.7. The summed E-state index contributed by atoms with van der Waals surface area (Å²) in [6.07, 6.45) is 2.82. The van der Waals surface area contributed by atoms with Crippen LogP contribution in [0.5, 0.6) is 0 Å². The van der Waals surface area contributed by atoms with E-state index in [0.717, 1.165) is 12.8 Å². The highest BCUT2D eigenvalue weighted by Gasteiger charge is 2.41. The minimum atomic E-state index is -3.71. The maximum atomic E-state index is 12.5. The third-order valence-electron chi connectivity index (χ3n) is 4.53. The van der Waals surface area contributed by atoms with Gasteiger partial charge in [-0.15, -0.1) is 0 Å².